The fourth-order valence-corrected chi connectivity index (χ4v) is 2.25. The molecule has 0 aromatic heterocycles. The molecule has 0 spiro atoms. The Bertz CT molecular complexity index is 671. The minimum absolute atomic E-state index is 0.743. The van der Waals surface area contributed by atoms with Gasteiger partial charge in [-0.25, -0.2) is 0 Å². The Morgan fingerprint density at radius 3 is 2.48 bits per heavy atom. The van der Waals surface area contributed by atoms with Gasteiger partial charge in [0.15, 0.2) is 0 Å². The van der Waals surface area contributed by atoms with Gasteiger partial charge in [0.2, 0.25) is 0 Å². The summed E-state index contributed by atoms with van der Waals surface area (Å²) in [7, 11) is 5.43. The molecule has 0 saturated carbocycles. The van der Waals surface area contributed by atoms with E-state index < -0.39 is 0 Å². The van der Waals surface area contributed by atoms with E-state index in [1.54, 1.807) is 14.2 Å². The third-order valence-corrected chi connectivity index (χ3v) is 3.61. The highest BCUT2D eigenvalue weighted by Crippen LogP contribution is 2.24. The first kappa shape index (κ1) is 16.9. The van der Waals surface area contributed by atoms with Gasteiger partial charge in [0.05, 0.1) is 20.8 Å². The number of nitrogens with zero attached hydrogens (tertiary/aromatic N) is 1. The second kappa shape index (κ2) is 8.87. The molecule has 0 N–H and O–H groups in total. The molecule has 0 atom stereocenters. The Hall–Kier alpha value is -2.44. The number of hydrogen-bond donors (Lipinski definition) is 0. The first-order valence-corrected chi connectivity index (χ1v) is 7.66. The van der Waals surface area contributed by atoms with E-state index in [0.717, 1.165) is 36.6 Å². The average Bonchev–Trinajstić information content (AvgIpc) is 2.60. The Labute approximate surface area is 138 Å². The van der Waals surface area contributed by atoms with E-state index in [9.17, 15) is 0 Å². The lowest BCUT2D eigenvalue weighted by atomic mass is 10.1. The van der Waals surface area contributed by atoms with Crippen molar-refractivity contribution in [3.8, 4) is 23.3 Å². The molecule has 0 aliphatic carbocycles. The van der Waals surface area contributed by atoms with Crippen molar-refractivity contribution in [3.63, 3.8) is 0 Å². The molecule has 0 bridgehead atoms. The fraction of sp³-hybridized carbons (Fsp3) is 0.300. The molecule has 0 unspecified atom stereocenters. The van der Waals surface area contributed by atoms with Crippen LogP contribution in [0.2, 0.25) is 0 Å². The maximum atomic E-state index is 5.43. The molecule has 0 aliphatic heterocycles. The highest BCUT2D eigenvalue weighted by atomic mass is 16.5. The molecule has 2 aromatic carbocycles. The number of ether oxygens (including phenoxy) is 2. The third-order valence-electron chi connectivity index (χ3n) is 3.61. The van der Waals surface area contributed by atoms with E-state index in [1.165, 1.54) is 5.56 Å². The van der Waals surface area contributed by atoms with Crippen LogP contribution in [0.25, 0.3) is 0 Å². The van der Waals surface area contributed by atoms with Crippen molar-refractivity contribution in [2.45, 2.75) is 6.42 Å². The van der Waals surface area contributed by atoms with Gasteiger partial charge in [0, 0.05) is 18.2 Å². The number of hydrogen-bond acceptors (Lipinski definition) is 3. The van der Waals surface area contributed by atoms with E-state index in [0.29, 0.717) is 0 Å². The average molecular weight is 309 g/mol. The summed E-state index contributed by atoms with van der Waals surface area (Å²) in [6, 6.07) is 16.0. The minimum atomic E-state index is 0.743. The summed E-state index contributed by atoms with van der Waals surface area (Å²) >= 11 is 0. The zero-order valence-electron chi connectivity index (χ0n) is 14.0. The molecule has 120 valence electrons. The Balaban J connectivity index is 1.87. The van der Waals surface area contributed by atoms with Crippen LogP contribution in [-0.4, -0.2) is 39.3 Å². The van der Waals surface area contributed by atoms with Crippen molar-refractivity contribution < 1.29 is 9.47 Å². The van der Waals surface area contributed by atoms with Gasteiger partial charge in [-0.05, 0) is 37.2 Å². The lowest BCUT2D eigenvalue weighted by Crippen LogP contribution is -2.21. The van der Waals surface area contributed by atoms with Gasteiger partial charge < -0.3 is 9.47 Å². The summed E-state index contributed by atoms with van der Waals surface area (Å²) in [4.78, 5) is 2.21. The largest absolute Gasteiger partial charge is 0.497 e. The van der Waals surface area contributed by atoms with Crippen LogP contribution < -0.4 is 9.47 Å². The van der Waals surface area contributed by atoms with Crippen LogP contribution in [0, 0.1) is 11.8 Å². The zero-order chi connectivity index (χ0) is 16.5. The lowest BCUT2D eigenvalue weighted by Gasteiger charge is -2.15. The monoisotopic (exact) mass is 309 g/mol. The van der Waals surface area contributed by atoms with E-state index in [-0.39, 0.29) is 0 Å². The van der Waals surface area contributed by atoms with Gasteiger partial charge >= 0.3 is 0 Å². The first-order chi connectivity index (χ1) is 11.2. The van der Waals surface area contributed by atoms with Gasteiger partial charge in [-0.3, -0.25) is 4.90 Å². The van der Waals surface area contributed by atoms with Gasteiger partial charge in [-0.1, -0.05) is 36.1 Å². The van der Waals surface area contributed by atoms with Crippen LogP contribution in [0.5, 0.6) is 11.5 Å². The van der Waals surface area contributed by atoms with Gasteiger partial charge in [-0.15, -0.1) is 0 Å². The van der Waals surface area contributed by atoms with Crippen LogP contribution in [0.4, 0.5) is 0 Å². The smallest absolute Gasteiger partial charge is 0.125 e. The SMILES string of the molecule is COc1ccc(CCN(C)CC#Cc2ccccc2)c(OC)c1. The molecular formula is C20H23NO2. The summed E-state index contributed by atoms with van der Waals surface area (Å²) in [5.74, 6) is 8.07. The molecule has 2 aromatic rings. The van der Waals surface area contributed by atoms with Crippen molar-refractivity contribution in [2.75, 3.05) is 34.4 Å². The highest BCUT2D eigenvalue weighted by molar-refractivity contribution is 5.41. The van der Waals surface area contributed by atoms with Crippen LogP contribution in [0.3, 0.4) is 0 Å². The normalized spacial score (nSPS) is 10.1. The van der Waals surface area contributed by atoms with Crippen LogP contribution in [0.1, 0.15) is 11.1 Å². The number of benzene rings is 2. The molecule has 3 heteroatoms. The third kappa shape index (κ3) is 5.36. The minimum Gasteiger partial charge on any atom is -0.497 e. The molecular weight excluding hydrogens is 286 g/mol. The quantitative estimate of drug-likeness (QED) is 0.765. The molecule has 0 fully saturated rings. The highest BCUT2D eigenvalue weighted by Gasteiger charge is 2.06. The summed E-state index contributed by atoms with van der Waals surface area (Å²) in [6.07, 6.45) is 0.913. The Morgan fingerprint density at radius 1 is 1.00 bits per heavy atom. The first-order valence-electron chi connectivity index (χ1n) is 7.66. The summed E-state index contributed by atoms with van der Waals surface area (Å²) in [5.41, 5.74) is 2.23. The molecule has 0 heterocycles. The molecule has 2 rings (SSSR count). The van der Waals surface area contributed by atoms with Gasteiger partial charge in [0.1, 0.15) is 11.5 Å². The van der Waals surface area contributed by atoms with E-state index in [4.69, 9.17) is 9.47 Å². The van der Waals surface area contributed by atoms with E-state index >= 15 is 0 Å². The van der Waals surface area contributed by atoms with Crippen molar-refractivity contribution in [2.24, 2.45) is 0 Å². The Kier molecular flexibility index (Phi) is 6.53. The van der Waals surface area contributed by atoms with Crippen LogP contribution in [-0.2, 0) is 6.42 Å². The number of likely N-dealkylation sites (N-methyl/N-ethyl adjacent to an activating group) is 1. The van der Waals surface area contributed by atoms with Crippen molar-refractivity contribution in [1.29, 1.82) is 0 Å². The molecule has 0 amide bonds. The summed E-state index contributed by atoms with van der Waals surface area (Å²) < 4.78 is 10.7. The second-order valence-electron chi connectivity index (χ2n) is 5.33. The maximum absolute atomic E-state index is 5.43. The predicted molar refractivity (Wildman–Crippen MR) is 94.1 cm³/mol. The predicted octanol–water partition coefficient (Wildman–Crippen LogP) is 3.23. The van der Waals surface area contributed by atoms with E-state index in [2.05, 4.69) is 29.9 Å². The molecule has 0 radical (unpaired) electrons. The van der Waals surface area contributed by atoms with E-state index in [1.807, 2.05) is 42.5 Å². The second-order valence-corrected chi connectivity index (χ2v) is 5.33. The Morgan fingerprint density at radius 2 is 1.78 bits per heavy atom. The topological polar surface area (TPSA) is 21.7 Å². The summed E-state index contributed by atoms with van der Waals surface area (Å²) in [5, 5.41) is 0. The fourth-order valence-electron chi connectivity index (χ4n) is 2.25. The van der Waals surface area contributed by atoms with Gasteiger partial charge in [0.25, 0.3) is 0 Å². The molecule has 0 saturated heterocycles. The van der Waals surface area contributed by atoms with Crippen LogP contribution >= 0.6 is 0 Å². The standard InChI is InChI=1S/C20H23NO2/c1-21(14-7-10-17-8-5-4-6-9-17)15-13-18-11-12-19(22-2)16-20(18)23-3/h4-6,8-9,11-12,16H,13-15H2,1-3H3. The molecule has 3 nitrogen and oxygen atoms in total. The van der Waals surface area contributed by atoms with Gasteiger partial charge in [-0.2, -0.15) is 0 Å². The lowest BCUT2D eigenvalue weighted by molar-refractivity contribution is 0.368. The van der Waals surface area contributed by atoms with Crippen LogP contribution in [0.15, 0.2) is 48.5 Å². The zero-order valence-corrected chi connectivity index (χ0v) is 14.0. The maximum Gasteiger partial charge on any atom is 0.125 e. The molecule has 0 aliphatic rings. The summed E-state index contributed by atoms with van der Waals surface area (Å²) in [6.45, 7) is 1.67. The van der Waals surface area contributed by atoms with Crippen molar-refractivity contribution in [1.82, 2.24) is 4.90 Å². The molecule has 23 heavy (non-hydrogen) atoms. The number of rotatable bonds is 6. The number of methoxy groups -OCH3 is 2. The van der Waals surface area contributed by atoms with Crippen molar-refractivity contribution >= 4 is 0 Å². The van der Waals surface area contributed by atoms with Crippen molar-refractivity contribution in [3.05, 3.63) is 59.7 Å².